The number of nitrogens with zero attached hydrogens (tertiary/aromatic N) is 3. The molecule has 0 radical (unpaired) electrons. The van der Waals surface area contributed by atoms with Gasteiger partial charge in [-0.05, 0) is 30.7 Å². The van der Waals surface area contributed by atoms with Crippen LogP contribution in [-0.4, -0.2) is 57.4 Å². The number of nitriles is 1. The number of nitrogens with one attached hydrogen (secondary N) is 2. The Bertz CT molecular complexity index is 995. The molecule has 1 saturated heterocycles. The van der Waals surface area contributed by atoms with Crippen molar-refractivity contribution in [3.63, 3.8) is 0 Å². The van der Waals surface area contributed by atoms with Gasteiger partial charge in [0.2, 0.25) is 11.8 Å². The minimum atomic E-state index is -4.73. The standard InChI is InChI=1S/C18H19ClF3N5O5Si/c19-13-2-1-12(7-11(13)8-23)30-9-15(28)27-33-6-3-14(24-10-33)16-25-26-17(32-16)29-4-5-31-18(20,21)22/h1-2,7,14,24,33H,3-6,9-10H2,(H,27,28)/t14-,33+/m1/s1. The van der Waals surface area contributed by atoms with E-state index in [0.29, 0.717) is 23.4 Å². The highest BCUT2D eigenvalue weighted by Gasteiger charge is 2.30. The van der Waals surface area contributed by atoms with Crippen molar-refractivity contribution in [3.8, 4) is 17.9 Å². The highest BCUT2D eigenvalue weighted by Crippen LogP contribution is 2.24. The molecule has 1 aliphatic heterocycles. The highest BCUT2D eigenvalue weighted by molar-refractivity contribution is 6.59. The van der Waals surface area contributed by atoms with Gasteiger partial charge in [0.25, 0.3) is 0 Å². The van der Waals surface area contributed by atoms with Crippen LogP contribution in [0.2, 0.25) is 11.1 Å². The first-order chi connectivity index (χ1) is 15.7. The molecule has 178 valence electrons. The molecule has 1 aromatic carbocycles. The van der Waals surface area contributed by atoms with Crippen LogP contribution < -0.4 is 19.8 Å². The van der Waals surface area contributed by atoms with Gasteiger partial charge in [-0.15, -0.1) is 18.3 Å². The molecule has 1 fully saturated rings. The summed E-state index contributed by atoms with van der Waals surface area (Å²) < 4.78 is 55.0. The zero-order valence-corrected chi connectivity index (χ0v) is 18.9. The molecule has 1 aromatic heterocycles. The Kier molecular flexibility index (Phi) is 8.50. The lowest BCUT2D eigenvalue weighted by molar-refractivity contribution is -0.325. The van der Waals surface area contributed by atoms with Crippen molar-refractivity contribution in [3.05, 3.63) is 34.7 Å². The van der Waals surface area contributed by atoms with E-state index in [2.05, 4.69) is 25.2 Å². The lowest BCUT2D eigenvalue weighted by Gasteiger charge is -2.27. The Labute approximate surface area is 192 Å². The van der Waals surface area contributed by atoms with E-state index in [4.69, 9.17) is 30.8 Å². The van der Waals surface area contributed by atoms with Crippen molar-refractivity contribution in [2.45, 2.75) is 24.9 Å². The molecule has 0 saturated carbocycles. The summed E-state index contributed by atoms with van der Waals surface area (Å²) >= 11 is 5.87. The summed E-state index contributed by atoms with van der Waals surface area (Å²) in [5, 5.41) is 20.0. The van der Waals surface area contributed by atoms with E-state index in [-0.39, 0.29) is 36.1 Å². The second-order valence-corrected chi connectivity index (χ2v) is 9.97. The van der Waals surface area contributed by atoms with Crippen LogP contribution in [0, 0.1) is 11.3 Å². The normalized spacial score (nSPS) is 18.4. The summed E-state index contributed by atoms with van der Waals surface area (Å²) in [6, 6.07) is 7.00. The van der Waals surface area contributed by atoms with Crippen molar-refractivity contribution in [2.75, 3.05) is 26.0 Å². The fourth-order valence-corrected chi connectivity index (χ4v) is 5.45. The first-order valence-electron chi connectivity index (χ1n) is 9.75. The van der Waals surface area contributed by atoms with Crippen LogP contribution >= 0.6 is 11.6 Å². The maximum Gasteiger partial charge on any atom is 0.522 e. The van der Waals surface area contributed by atoms with Gasteiger partial charge in [-0.2, -0.15) is 5.26 Å². The van der Waals surface area contributed by atoms with Gasteiger partial charge >= 0.3 is 12.4 Å². The molecule has 2 N–H and O–H groups in total. The van der Waals surface area contributed by atoms with E-state index < -0.39 is 28.5 Å². The predicted molar refractivity (Wildman–Crippen MR) is 109 cm³/mol. The van der Waals surface area contributed by atoms with E-state index in [1.54, 1.807) is 6.07 Å². The lowest BCUT2D eigenvalue weighted by atomic mass is 10.2. The molecule has 10 nitrogen and oxygen atoms in total. The number of amides is 1. The fourth-order valence-electron chi connectivity index (χ4n) is 2.99. The molecule has 2 atom stereocenters. The number of hydrogen-bond acceptors (Lipinski definition) is 9. The number of alkyl halides is 3. The van der Waals surface area contributed by atoms with E-state index in [0.717, 1.165) is 6.04 Å². The number of carbonyl (C=O) groups is 1. The van der Waals surface area contributed by atoms with E-state index in [9.17, 15) is 18.0 Å². The summed E-state index contributed by atoms with van der Waals surface area (Å²) in [6.07, 6.45) is -3.79. The second kappa shape index (κ2) is 11.3. The molecule has 0 aliphatic carbocycles. The Balaban J connectivity index is 1.37. The number of hydrogen-bond donors (Lipinski definition) is 2. The molecule has 1 aliphatic rings. The molecule has 0 bridgehead atoms. The SMILES string of the molecule is N#Cc1cc(OCC(=O)N[Si@H]2CC[C@H](c3nnc(OCCOC(F)(F)F)o3)NC2)ccc1Cl. The average molecular weight is 506 g/mol. The third-order valence-corrected chi connectivity index (χ3v) is 7.32. The molecule has 33 heavy (non-hydrogen) atoms. The summed E-state index contributed by atoms with van der Waals surface area (Å²) in [7, 11) is -1.64. The third-order valence-electron chi connectivity index (χ3n) is 4.50. The minimum Gasteiger partial charge on any atom is -0.484 e. The van der Waals surface area contributed by atoms with Crippen LogP contribution in [0.1, 0.15) is 23.9 Å². The maximum absolute atomic E-state index is 12.2. The molecule has 2 heterocycles. The Hall–Kier alpha value is -2.86. The molecule has 3 rings (SSSR count). The monoisotopic (exact) mass is 505 g/mol. The van der Waals surface area contributed by atoms with Crippen molar-refractivity contribution in [2.24, 2.45) is 0 Å². The maximum atomic E-state index is 12.2. The van der Waals surface area contributed by atoms with Gasteiger partial charge < -0.3 is 24.2 Å². The zero-order valence-electron chi connectivity index (χ0n) is 17.0. The molecule has 0 unspecified atom stereocenters. The van der Waals surface area contributed by atoms with Crippen LogP contribution in [0.25, 0.3) is 0 Å². The topological polar surface area (TPSA) is 132 Å². The Morgan fingerprint density at radius 3 is 2.88 bits per heavy atom. The van der Waals surface area contributed by atoms with E-state index in [1.165, 1.54) is 12.1 Å². The van der Waals surface area contributed by atoms with Crippen molar-refractivity contribution in [1.29, 1.82) is 5.26 Å². The quantitative estimate of drug-likeness (QED) is 0.388. The van der Waals surface area contributed by atoms with Gasteiger partial charge in [-0.3, -0.25) is 9.53 Å². The van der Waals surface area contributed by atoms with Crippen LogP contribution in [0.4, 0.5) is 13.2 Å². The van der Waals surface area contributed by atoms with Crippen molar-refractivity contribution >= 4 is 26.5 Å². The Morgan fingerprint density at radius 2 is 2.18 bits per heavy atom. The molecule has 15 heteroatoms. The van der Waals surface area contributed by atoms with Crippen LogP contribution in [0.5, 0.6) is 11.8 Å². The van der Waals surface area contributed by atoms with E-state index in [1.807, 2.05) is 6.07 Å². The van der Waals surface area contributed by atoms with Crippen LogP contribution in [0.15, 0.2) is 22.6 Å². The zero-order chi connectivity index (χ0) is 23.8. The largest absolute Gasteiger partial charge is 0.522 e. The first kappa shape index (κ1) is 24.8. The number of carbonyl (C=O) groups excluding carboxylic acids is 1. The van der Waals surface area contributed by atoms with Gasteiger partial charge in [-0.1, -0.05) is 16.7 Å². The van der Waals surface area contributed by atoms with Crippen molar-refractivity contribution < 1.29 is 36.6 Å². The molecule has 1 amide bonds. The van der Waals surface area contributed by atoms with Gasteiger partial charge in [0, 0.05) is 6.17 Å². The molecular weight excluding hydrogens is 487 g/mol. The lowest BCUT2D eigenvalue weighted by Crippen LogP contribution is -2.51. The summed E-state index contributed by atoms with van der Waals surface area (Å²) in [4.78, 5) is 15.2. The third kappa shape index (κ3) is 7.89. The summed E-state index contributed by atoms with van der Waals surface area (Å²) in [6.45, 7) is -1.28. The van der Waals surface area contributed by atoms with Gasteiger partial charge in [0.15, 0.2) is 15.6 Å². The number of rotatable bonds is 9. The van der Waals surface area contributed by atoms with Crippen molar-refractivity contribution in [1.82, 2.24) is 20.5 Å². The molecular formula is C18H19ClF3N5O5Si. The van der Waals surface area contributed by atoms with E-state index >= 15 is 0 Å². The molecule has 2 aromatic rings. The first-order valence-corrected chi connectivity index (χ1v) is 12.3. The second-order valence-electron chi connectivity index (χ2n) is 6.89. The Morgan fingerprint density at radius 1 is 1.36 bits per heavy atom. The summed E-state index contributed by atoms with van der Waals surface area (Å²) in [5.74, 6) is 0.351. The summed E-state index contributed by atoms with van der Waals surface area (Å²) in [5.41, 5.74) is 0.260. The number of aromatic nitrogens is 2. The van der Waals surface area contributed by atoms with Gasteiger partial charge in [-0.25, -0.2) is 0 Å². The molecule has 0 spiro atoms. The van der Waals surface area contributed by atoms with Crippen LogP contribution in [0.3, 0.4) is 0 Å². The minimum absolute atomic E-state index is 0.193. The number of halogens is 4. The van der Waals surface area contributed by atoms with Gasteiger partial charge in [0.05, 0.1) is 23.2 Å². The number of benzene rings is 1. The van der Waals surface area contributed by atoms with Gasteiger partial charge in [0.1, 0.15) is 18.4 Å². The number of ether oxygens (including phenoxy) is 3. The fraction of sp³-hybridized carbons (Fsp3) is 0.444. The highest BCUT2D eigenvalue weighted by atomic mass is 35.5. The smallest absolute Gasteiger partial charge is 0.484 e. The predicted octanol–water partition coefficient (Wildman–Crippen LogP) is 2.00. The van der Waals surface area contributed by atoms with Crippen LogP contribution in [-0.2, 0) is 9.53 Å². The average Bonchev–Trinajstić information content (AvgIpc) is 3.25.